The van der Waals surface area contributed by atoms with Crippen molar-refractivity contribution < 1.29 is 38.2 Å². The van der Waals surface area contributed by atoms with Crippen LogP contribution in [0, 0.1) is 10.2 Å². The van der Waals surface area contributed by atoms with Gasteiger partial charge in [-0.25, -0.2) is 28.4 Å². The van der Waals surface area contributed by atoms with Crippen LogP contribution in [0.25, 0.3) is 5.57 Å². The minimum Gasteiger partial charge on any atom is -0.276 e. The Morgan fingerprint density at radius 2 is 1.75 bits per heavy atom. The number of hydrogen-bond acceptors (Lipinski definition) is 5. The van der Waals surface area contributed by atoms with Crippen LogP contribution in [0.4, 0.5) is 5.69 Å². The normalized spacial score (nSPS) is 22.0. The molecule has 1 fully saturated rings. The first-order valence-corrected chi connectivity index (χ1v) is 9.80. The third-order valence-electron chi connectivity index (χ3n) is 4.48. The monoisotopic (exact) mass is 425 g/mol. The molecule has 0 spiro atoms. The van der Waals surface area contributed by atoms with Crippen LogP contribution in [-0.4, -0.2) is 46.9 Å². The maximum Gasteiger partial charge on any atom is 0.360 e. The minimum atomic E-state index is -4.94. The van der Waals surface area contributed by atoms with Crippen molar-refractivity contribution in [1.82, 2.24) is 4.90 Å². The van der Waals surface area contributed by atoms with Gasteiger partial charge in [-0.3, -0.25) is 9.37 Å². The Morgan fingerprint density at radius 1 is 1.11 bits per heavy atom. The van der Waals surface area contributed by atoms with Crippen molar-refractivity contribution >= 4 is 34.1 Å². The van der Waals surface area contributed by atoms with E-state index in [4.69, 9.17) is 30.2 Å². The zero-order valence-electron chi connectivity index (χ0n) is 15.0. The lowest BCUT2D eigenvalue weighted by Crippen LogP contribution is -2.68. The number of carbonyl (C=O) groups is 1. The van der Waals surface area contributed by atoms with Crippen LogP contribution in [0.2, 0.25) is 0 Å². The average molecular weight is 426 g/mol. The van der Waals surface area contributed by atoms with Gasteiger partial charge >= 0.3 is 5.96 Å². The summed E-state index contributed by atoms with van der Waals surface area (Å²) >= 11 is 5.86. The number of allylic oxidation sites excluding steroid dienone is 3. The van der Waals surface area contributed by atoms with Gasteiger partial charge in [0.15, 0.2) is 0 Å². The molecular formula is C18H17Cl2N3O5. The van der Waals surface area contributed by atoms with Gasteiger partial charge in [-0.05, 0) is 35.9 Å². The molecule has 0 N–H and O–H groups in total. The summed E-state index contributed by atoms with van der Waals surface area (Å²) in [5.41, 5.74) is 2.49. The Kier molecular flexibility index (Phi) is 5.62. The zero-order chi connectivity index (χ0) is 20.6. The second kappa shape index (κ2) is 7.67. The topological polar surface area (TPSA) is 119 Å². The number of guanidine groups is 1. The van der Waals surface area contributed by atoms with Gasteiger partial charge in [0, 0.05) is 11.1 Å². The van der Waals surface area contributed by atoms with E-state index in [9.17, 15) is 4.79 Å². The van der Waals surface area contributed by atoms with Gasteiger partial charge in [0.2, 0.25) is 0 Å². The van der Waals surface area contributed by atoms with Crippen LogP contribution in [0.15, 0.2) is 54.8 Å². The fourth-order valence-electron chi connectivity index (χ4n) is 3.63. The van der Waals surface area contributed by atoms with Gasteiger partial charge in [0.05, 0.1) is 20.3 Å². The summed E-state index contributed by atoms with van der Waals surface area (Å²) in [6, 6.07) is 8.12. The number of halogens is 2. The molecule has 3 heterocycles. The highest BCUT2D eigenvalue weighted by atomic mass is 35.7. The second-order valence-corrected chi connectivity index (χ2v) is 7.53. The molecule has 0 aromatic heterocycles. The van der Waals surface area contributed by atoms with Crippen molar-refractivity contribution in [2.75, 3.05) is 19.0 Å². The summed E-state index contributed by atoms with van der Waals surface area (Å²) in [6.07, 6.45) is 10.3. The standard InChI is InChI=1S/C18H17ClN3O.ClHO4/c1-20(2)18-21-10-6-5-9-15(21)16-11-13(17(19)23)12-7-3-4-8-14(12)22(16)18;2-1(3,4)5/h3-11,15-16H,1-2H3;(H,2,3,4,5)/q+1;/p-1. The fourth-order valence-corrected chi connectivity index (χ4v) is 3.80. The maximum atomic E-state index is 11.9. The summed E-state index contributed by atoms with van der Waals surface area (Å²) in [5.74, 6) is 1.09. The molecule has 0 amide bonds. The van der Waals surface area contributed by atoms with Gasteiger partial charge in [0.1, 0.15) is 17.8 Å². The molecule has 2 unspecified atom stereocenters. The summed E-state index contributed by atoms with van der Waals surface area (Å²) in [5, 5.41) is -0.405. The molecule has 0 radical (unpaired) electrons. The first-order valence-electron chi connectivity index (χ1n) is 8.19. The third-order valence-corrected chi connectivity index (χ3v) is 4.69. The van der Waals surface area contributed by atoms with Crippen molar-refractivity contribution in [1.29, 1.82) is 0 Å². The van der Waals surface area contributed by atoms with E-state index in [1.54, 1.807) is 0 Å². The molecule has 8 nitrogen and oxygen atoms in total. The van der Waals surface area contributed by atoms with Crippen LogP contribution in [0.3, 0.4) is 0 Å². The van der Waals surface area contributed by atoms with Gasteiger partial charge in [-0.15, -0.1) is 10.2 Å². The molecule has 0 saturated carbocycles. The molecule has 28 heavy (non-hydrogen) atoms. The summed E-state index contributed by atoms with van der Waals surface area (Å²) in [7, 11) is -0.870. The highest BCUT2D eigenvalue weighted by molar-refractivity contribution is 6.74. The van der Waals surface area contributed by atoms with E-state index in [0.29, 0.717) is 5.57 Å². The Bertz CT molecular complexity index is 910. The van der Waals surface area contributed by atoms with Crippen molar-refractivity contribution in [3.63, 3.8) is 0 Å². The Balaban J connectivity index is 0.000000403. The highest BCUT2D eigenvalue weighted by Crippen LogP contribution is 2.41. The molecular weight excluding hydrogens is 409 g/mol. The summed E-state index contributed by atoms with van der Waals surface area (Å²) < 4.78 is 36.1. The Labute approximate surface area is 168 Å². The second-order valence-electron chi connectivity index (χ2n) is 6.43. The predicted molar refractivity (Wildman–Crippen MR) is 92.6 cm³/mol. The van der Waals surface area contributed by atoms with Gasteiger partial charge < -0.3 is 0 Å². The Morgan fingerprint density at radius 3 is 2.36 bits per heavy atom. The molecule has 148 valence electrons. The minimum absolute atomic E-state index is 0.0428. The molecule has 2 atom stereocenters. The van der Waals surface area contributed by atoms with Crippen molar-refractivity contribution in [2.24, 2.45) is 0 Å². The van der Waals surface area contributed by atoms with Crippen LogP contribution in [0.1, 0.15) is 5.56 Å². The van der Waals surface area contributed by atoms with E-state index in [-0.39, 0.29) is 12.1 Å². The van der Waals surface area contributed by atoms with Crippen LogP contribution < -0.4 is 23.5 Å². The lowest BCUT2D eigenvalue weighted by molar-refractivity contribution is -2.00. The summed E-state index contributed by atoms with van der Waals surface area (Å²) in [6.45, 7) is 0. The molecule has 0 aliphatic carbocycles. The van der Waals surface area contributed by atoms with Crippen LogP contribution in [0.5, 0.6) is 0 Å². The number of nitrogens with zero attached hydrogens (tertiary/aromatic N) is 3. The molecule has 10 heteroatoms. The molecule has 1 aromatic rings. The summed E-state index contributed by atoms with van der Waals surface area (Å²) in [4.78, 5) is 16.5. The molecule has 0 bridgehead atoms. The predicted octanol–water partition coefficient (Wildman–Crippen LogP) is -2.34. The number of benzene rings is 1. The maximum absolute atomic E-state index is 11.9. The molecule has 3 aliphatic heterocycles. The average Bonchev–Trinajstić information content (AvgIpc) is 2.94. The van der Waals surface area contributed by atoms with E-state index in [0.717, 1.165) is 17.2 Å². The first kappa shape index (κ1) is 20.5. The van der Waals surface area contributed by atoms with E-state index in [2.05, 4.69) is 32.7 Å². The number of carbonyl (C=O) groups excluding carboxylic acids is 1. The van der Waals surface area contributed by atoms with E-state index < -0.39 is 15.5 Å². The number of fused-ring (bicyclic) bond motifs is 5. The van der Waals surface area contributed by atoms with E-state index in [1.165, 1.54) is 0 Å². The Hall–Kier alpha value is -2.20. The fraction of sp³-hybridized carbons (Fsp3) is 0.222. The smallest absolute Gasteiger partial charge is 0.276 e. The van der Waals surface area contributed by atoms with E-state index >= 15 is 0 Å². The largest absolute Gasteiger partial charge is 0.360 e. The third kappa shape index (κ3) is 3.97. The van der Waals surface area contributed by atoms with Gasteiger partial charge in [-0.2, -0.15) is 0 Å². The number of para-hydroxylation sites is 1. The van der Waals surface area contributed by atoms with E-state index in [1.807, 2.05) is 50.5 Å². The number of hydrogen-bond donors (Lipinski definition) is 0. The number of rotatable bonds is 1. The van der Waals surface area contributed by atoms with Crippen molar-refractivity contribution in [2.45, 2.75) is 12.1 Å². The molecule has 4 rings (SSSR count). The lowest BCUT2D eigenvalue weighted by atomic mass is 9.93. The zero-order valence-corrected chi connectivity index (χ0v) is 16.5. The molecule has 1 aromatic carbocycles. The first-order chi connectivity index (χ1) is 13.1. The van der Waals surface area contributed by atoms with Crippen LogP contribution >= 0.6 is 11.6 Å². The quantitative estimate of drug-likeness (QED) is 0.365. The SMILES string of the molecule is C[N+](C)=C1N2C=CC=CC2C2C=C(C(=O)Cl)c3ccccc3N12.[O-][Cl+3]([O-])([O-])[O-]. The molecule has 3 aliphatic rings. The van der Waals surface area contributed by atoms with Crippen molar-refractivity contribution in [3.05, 3.63) is 60.3 Å². The molecule has 1 saturated heterocycles. The highest BCUT2D eigenvalue weighted by Gasteiger charge is 2.52. The van der Waals surface area contributed by atoms with Gasteiger partial charge in [0.25, 0.3) is 5.24 Å². The lowest BCUT2D eigenvalue weighted by Gasteiger charge is -2.26. The van der Waals surface area contributed by atoms with Crippen molar-refractivity contribution in [3.8, 4) is 0 Å². The van der Waals surface area contributed by atoms with Gasteiger partial charge in [-0.1, -0.05) is 24.3 Å². The number of anilines is 1. The van der Waals surface area contributed by atoms with Crippen LogP contribution in [-0.2, 0) is 4.79 Å².